The molecular formula is C19H26N4O2. The maximum absolute atomic E-state index is 12.0. The lowest BCUT2D eigenvalue weighted by Gasteiger charge is -2.47. The van der Waals surface area contributed by atoms with E-state index in [9.17, 15) is 9.59 Å². The van der Waals surface area contributed by atoms with E-state index in [1.165, 1.54) is 0 Å². The molecule has 1 aliphatic heterocycles. The lowest BCUT2D eigenvalue weighted by Crippen LogP contribution is -2.60. The van der Waals surface area contributed by atoms with Gasteiger partial charge in [0, 0.05) is 36.1 Å². The normalized spacial score (nSPS) is 19.7. The van der Waals surface area contributed by atoms with Crippen LogP contribution in [0.3, 0.4) is 0 Å². The van der Waals surface area contributed by atoms with Crippen LogP contribution in [0.25, 0.3) is 0 Å². The number of anilines is 2. The minimum absolute atomic E-state index is 0.0264. The Morgan fingerprint density at radius 3 is 2.20 bits per heavy atom. The molecule has 0 atom stereocenters. The third-order valence-electron chi connectivity index (χ3n) is 4.67. The van der Waals surface area contributed by atoms with Crippen molar-refractivity contribution in [2.45, 2.75) is 64.2 Å². The van der Waals surface area contributed by atoms with Gasteiger partial charge < -0.3 is 16.0 Å². The Morgan fingerprint density at radius 2 is 1.60 bits per heavy atom. The van der Waals surface area contributed by atoms with Crippen LogP contribution in [0, 0.1) is 0 Å². The quantitative estimate of drug-likeness (QED) is 0.721. The Bertz CT molecular complexity index is 804. The van der Waals surface area contributed by atoms with Crippen LogP contribution in [0.1, 0.15) is 46.1 Å². The zero-order valence-electron chi connectivity index (χ0n) is 15.3. The molecule has 3 N–H and O–H groups in total. The van der Waals surface area contributed by atoms with Crippen LogP contribution in [0.4, 0.5) is 11.4 Å². The summed E-state index contributed by atoms with van der Waals surface area (Å²) in [7, 11) is 0. The average molecular weight is 342 g/mol. The van der Waals surface area contributed by atoms with E-state index in [1.807, 2.05) is 12.1 Å². The SMILES string of the molecule is CC1(C)CC(Nc2c(NCc3ccncc3)c(=O)c2=O)CC(C)(C)N1. The van der Waals surface area contributed by atoms with E-state index in [-0.39, 0.29) is 17.1 Å². The zero-order valence-corrected chi connectivity index (χ0v) is 15.3. The maximum atomic E-state index is 12.0. The monoisotopic (exact) mass is 342 g/mol. The Morgan fingerprint density at radius 1 is 1.04 bits per heavy atom. The van der Waals surface area contributed by atoms with Crippen molar-refractivity contribution in [2.75, 3.05) is 10.6 Å². The molecule has 0 saturated carbocycles. The second kappa shape index (κ2) is 6.26. The van der Waals surface area contributed by atoms with Crippen molar-refractivity contribution < 1.29 is 0 Å². The number of nitrogens with one attached hydrogen (secondary N) is 3. The highest BCUT2D eigenvalue weighted by Crippen LogP contribution is 2.31. The van der Waals surface area contributed by atoms with Gasteiger partial charge in [0.2, 0.25) is 0 Å². The van der Waals surface area contributed by atoms with Crippen molar-refractivity contribution in [3.63, 3.8) is 0 Å². The number of hydrogen-bond acceptors (Lipinski definition) is 6. The molecule has 0 unspecified atom stereocenters. The largest absolute Gasteiger partial charge is 0.377 e. The predicted molar refractivity (Wildman–Crippen MR) is 101 cm³/mol. The first-order chi connectivity index (χ1) is 11.7. The molecule has 0 aliphatic carbocycles. The third kappa shape index (κ3) is 3.90. The van der Waals surface area contributed by atoms with Gasteiger partial charge in [-0.25, -0.2) is 0 Å². The summed E-state index contributed by atoms with van der Waals surface area (Å²) in [5.41, 5.74) is 0.921. The number of rotatable bonds is 5. The number of hydrogen-bond donors (Lipinski definition) is 3. The number of piperidine rings is 1. The fourth-order valence-corrected chi connectivity index (χ4v) is 4.02. The fourth-order valence-electron chi connectivity index (χ4n) is 4.02. The highest BCUT2D eigenvalue weighted by molar-refractivity contribution is 5.74. The minimum Gasteiger partial charge on any atom is -0.377 e. The van der Waals surface area contributed by atoms with Crippen molar-refractivity contribution in [1.29, 1.82) is 0 Å². The van der Waals surface area contributed by atoms with Gasteiger partial charge in [0.05, 0.1) is 0 Å². The van der Waals surface area contributed by atoms with Crippen molar-refractivity contribution in [3.8, 4) is 0 Å². The van der Waals surface area contributed by atoms with Gasteiger partial charge in [-0.3, -0.25) is 14.6 Å². The van der Waals surface area contributed by atoms with Crippen LogP contribution in [0.15, 0.2) is 34.1 Å². The molecule has 0 radical (unpaired) electrons. The Kier molecular flexibility index (Phi) is 4.41. The van der Waals surface area contributed by atoms with Crippen LogP contribution in [0.5, 0.6) is 0 Å². The Hall–Kier alpha value is -2.21. The molecule has 3 rings (SSSR count). The lowest BCUT2D eigenvalue weighted by molar-refractivity contribution is 0.170. The van der Waals surface area contributed by atoms with Crippen molar-refractivity contribution in [3.05, 3.63) is 50.5 Å². The summed E-state index contributed by atoms with van der Waals surface area (Å²) in [6.07, 6.45) is 5.19. The molecule has 6 heteroatoms. The van der Waals surface area contributed by atoms with Gasteiger partial charge in [-0.2, -0.15) is 0 Å². The second-order valence-corrected chi connectivity index (χ2v) is 8.26. The van der Waals surface area contributed by atoms with Gasteiger partial charge in [0.25, 0.3) is 10.9 Å². The van der Waals surface area contributed by atoms with E-state index < -0.39 is 10.9 Å². The van der Waals surface area contributed by atoms with Crippen LogP contribution in [-0.2, 0) is 6.54 Å². The van der Waals surface area contributed by atoms with Crippen LogP contribution >= 0.6 is 0 Å². The van der Waals surface area contributed by atoms with Crippen LogP contribution in [0.2, 0.25) is 0 Å². The summed E-state index contributed by atoms with van der Waals surface area (Å²) in [5, 5.41) is 10.0. The first-order valence-electron chi connectivity index (χ1n) is 8.69. The van der Waals surface area contributed by atoms with E-state index in [4.69, 9.17) is 0 Å². The van der Waals surface area contributed by atoms with Gasteiger partial charge in [0.15, 0.2) is 0 Å². The molecule has 2 aromatic rings. The number of pyridine rings is 1. The fraction of sp³-hybridized carbons (Fsp3) is 0.526. The van der Waals surface area contributed by atoms with Gasteiger partial charge in [0.1, 0.15) is 11.4 Å². The Balaban J connectivity index is 1.72. The molecule has 1 aromatic carbocycles. The summed E-state index contributed by atoms with van der Waals surface area (Å²) in [6, 6.07) is 3.91. The summed E-state index contributed by atoms with van der Waals surface area (Å²) in [6.45, 7) is 9.13. The summed E-state index contributed by atoms with van der Waals surface area (Å²) in [4.78, 5) is 28.0. The van der Waals surface area contributed by atoms with Crippen molar-refractivity contribution >= 4 is 11.4 Å². The zero-order chi connectivity index (χ0) is 18.2. The maximum Gasteiger partial charge on any atom is 0.253 e. The van der Waals surface area contributed by atoms with Crippen molar-refractivity contribution in [2.24, 2.45) is 0 Å². The van der Waals surface area contributed by atoms with Gasteiger partial charge >= 0.3 is 0 Å². The molecule has 1 fully saturated rings. The first kappa shape index (κ1) is 17.6. The Labute approximate surface area is 147 Å². The smallest absolute Gasteiger partial charge is 0.253 e. The summed E-state index contributed by atoms with van der Waals surface area (Å²) < 4.78 is 0. The molecule has 2 heterocycles. The lowest BCUT2D eigenvalue weighted by atomic mass is 9.79. The molecule has 6 nitrogen and oxygen atoms in total. The minimum atomic E-state index is -0.441. The van der Waals surface area contributed by atoms with Gasteiger partial charge in [-0.1, -0.05) is 0 Å². The van der Waals surface area contributed by atoms with Crippen molar-refractivity contribution in [1.82, 2.24) is 10.3 Å². The summed E-state index contributed by atoms with van der Waals surface area (Å²) in [5.74, 6) is 0. The van der Waals surface area contributed by atoms with E-state index >= 15 is 0 Å². The number of nitrogens with zero attached hydrogens (tertiary/aromatic N) is 1. The summed E-state index contributed by atoms with van der Waals surface area (Å²) >= 11 is 0. The second-order valence-electron chi connectivity index (χ2n) is 8.26. The van der Waals surface area contributed by atoms with Crippen LogP contribution in [-0.4, -0.2) is 22.1 Å². The molecule has 1 aliphatic rings. The molecule has 0 spiro atoms. The third-order valence-corrected chi connectivity index (χ3v) is 4.67. The molecule has 25 heavy (non-hydrogen) atoms. The molecule has 1 aromatic heterocycles. The number of aromatic nitrogens is 1. The topological polar surface area (TPSA) is 83.1 Å². The molecule has 0 amide bonds. The molecule has 1 saturated heterocycles. The highest BCUT2D eigenvalue weighted by Gasteiger charge is 2.38. The van der Waals surface area contributed by atoms with Gasteiger partial charge in [-0.15, -0.1) is 0 Å². The first-order valence-corrected chi connectivity index (χ1v) is 8.69. The highest BCUT2D eigenvalue weighted by atomic mass is 16.2. The molecular weight excluding hydrogens is 316 g/mol. The predicted octanol–water partition coefficient (Wildman–Crippen LogP) is 2.01. The van der Waals surface area contributed by atoms with Crippen LogP contribution < -0.4 is 26.8 Å². The van der Waals surface area contributed by atoms with E-state index in [0.717, 1.165) is 18.4 Å². The van der Waals surface area contributed by atoms with E-state index in [2.05, 4.69) is 48.6 Å². The average Bonchev–Trinajstić information content (AvgIpc) is 2.51. The standard InChI is InChI=1S/C19H26N4O2/c1-18(2)9-13(10-19(3,4)23-18)22-15-14(16(24)17(15)25)21-11-12-5-7-20-8-6-12/h5-8,13,21-23H,9-11H2,1-4H3. The molecule has 134 valence electrons. The van der Waals surface area contributed by atoms with Gasteiger partial charge in [-0.05, 0) is 58.2 Å². The van der Waals surface area contributed by atoms with E-state index in [0.29, 0.717) is 17.9 Å². The molecule has 0 bridgehead atoms. The van der Waals surface area contributed by atoms with E-state index in [1.54, 1.807) is 12.4 Å².